The zero-order valence-corrected chi connectivity index (χ0v) is 13.4. The zero-order chi connectivity index (χ0) is 16.8. The van der Waals surface area contributed by atoms with E-state index in [1.807, 2.05) is 62.4 Å². The highest BCUT2D eigenvalue weighted by Crippen LogP contribution is 2.16. The lowest BCUT2D eigenvalue weighted by atomic mass is 10.0. The van der Waals surface area contributed by atoms with Crippen LogP contribution in [0.4, 0.5) is 0 Å². The molecular weight excluding hydrogens is 290 g/mol. The van der Waals surface area contributed by atoms with Gasteiger partial charge < -0.3 is 10.4 Å². The molecule has 0 fully saturated rings. The van der Waals surface area contributed by atoms with E-state index in [2.05, 4.69) is 5.32 Å². The van der Waals surface area contributed by atoms with E-state index >= 15 is 0 Å². The molecule has 2 N–H and O–H groups in total. The Morgan fingerprint density at radius 1 is 1.13 bits per heavy atom. The maximum absolute atomic E-state index is 12.1. The first kappa shape index (κ1) is 16.7. The Kier molecular flexibility index (Phi) is 5.52. The van der Waals surface area contributed by atoms with Crippen molar-refractivity contribution in [2.45, 2.75) is 32.7 Å². The lowest BCUT2D eigenvalue weighted by Gasteiger charge is -2.13. The smallest absolute Gasteiger partial charge is 0.326 e. The third-order valence-electron chi connectivity index (χ3n) is 3.57. The van der Waals surface area contributed by atoms with Crippen molar-refractivity contribution in [3.05, 3.63) is 59.7 Å². The topological polar surface area (TPSA) is 66.4 Å². The average molecular weight is 311 g/mol. The predicted molar refractivity (Wildman–Crippen MR) is 91.3 cm³/mol. The molecule has 2 aromatic carbocycles. The third kappa shape index (κ3) is 4.95. The number of benzene rings is 2. The minimum atomic E-state index is -1.02. The first-order chi connectivity index (χ1) is 11.0. The number of carboxylic acid groups (broad SMARTS) is 1. The van der Waals surface area contributed by atoms with E-state index in [-0.39, 0.29) is 12.3 Å². The molecule has 1 atom stereocenters. The van der Waals surface area contributed by atoms with Crippen LogP contribution in [0.1, 0.15) is 25.8 Å². The number of hydrogen-bond donors (Lipinski definition) is 2. The largest absolute Gasteiger partial charge is 0.480 e. The molecule has 0 aliphatic heterocycles. The van der Waals surface area contributed by atoms with E-state index in [4.69, 9.17) is 0 Å². The predicted octanol–water partition coefficient (Wildman–Crippen LogP) is 3.31. The van der Waals surface area contributed by atoms with Gasteiger partial charge in [0.15, 0.2) is 0 Å². The zero-order valence-electron chi connectivity index (χ0n) is 13.4. The van der Waals surface area contributed by atoms with Crippen LogP contribution in [-0.2, 0) is 16.0 Å². The molecule has 0 saturated heterocycles. The van der Waals surface area contributed by atoms with Crippen LogP contribution in [0.25, 0.3) is 10.8 Å². The number of carboxylic acids is 1. The summed E-state index contributed by atoms with van der Waals surface area (Å²) in [6.07, 6.45) is 2.28. The summed E-state index contributed by atoms with van der Waals surface area (Å²) < 4.78 is 0. The van der Waals surface area contributed by atoms with E-state index in [0.717, 1.165) is 21.9 Å². The molecule has 0 saturated carbocycles. The normalized spacial score (nSPS) is 11.7. The number of hydrogen-bond acceptors (Lipinski definition) is 2. The van der Waals surface area contributed by atoms with Crippen LogP contribution in [-0.4, -0.2) is 23.0 Å². The van der Waals surface area contributed by atoms with Crippen molar-refractivity contribution in [2.75, 3.05) is 0 Å². The number of rotatable bonds is 6. The van der Waals surface area contributed by atoms with E-state index in [9.17, 15) is 14.7 Å². The van der Waals surface area contributed by atoms with Crippen LogP contribution in [0.5, 0.6) is 0 Å². The highest BCUT2D eigenvalue weighted by atomic mass is 16.4. The third-order valence-corrected chi connectivity index (χ3v) is 3.57. The van der Waals surface area contributed by atoms with E-state index in [1.165, 1.54) is 0 Å². The Hall–Kier alpha value is -2.62. The van der Waals surface area contributed by atoms with Gasteiger partial charge in [-0.05, 0) is 36.6 Å². The second-order valence-corrected chi connectivity index (χ2v) is 5.83. The van der Waals surface area contributed by atoms with Crippen molar-refractivity contribution in [3.63, 3.8) is 0 Å². The van der Waals surface area contributed by atoms with E-state index < -0.39 is 12.0 Å². The number of allylic oxidation sites excluding steroid dienone is 1. The van der Waals surface area contributed by atoms with Crippen molar-refractivity contribution in [3.8, 4) is 0 Å². The minimum absolute atomic E-state index is 0.170. The molecule has 1 amide bonds. The van der Waals surface area contributed by atoms with Gasteiger partial charge in [0.25, 0.3) is 0 Å². The molecule has 23 heavy (non-hydrogen) atoms. The molecule has 2 aromatic rings. The van der Waals surface area contributed by atoms with Gasteiger partial charge >= 0.3 is 5.97 Å². The van der Waals surface area contributed by atoms with Crippen LogP contribution in [0.3, 0.4) is 0 Å². The standard InChI is InChI=1S/C19H21NO3/c1-13(2)7-10-17(19(22)23)20-18(21)12-14-8-9-15-5-3-4-6-16(15)11-14/h3-9,11,17H,10,12H2,1-2H3,(H,20,21)(H,22,23)/t17-/m0/s1. The molecule has 0 aliphatic carbocycles. The summed E-state index contributed by atoms with van der Waals surface area (Å²) in [6.45, 7) is 3.80. The van der Waals surface area contributed by atoms with Crippen LogP contribution in [0.2, 0.25) is 0 Å². The summed E-state index contributed by atoms with van der Waals surface area (Å²) in [5, 5.41) is 14.0. The van der Waals surface area contributed by atoms with Crippen LogP contribution in [0, 0.1) is 0 Å². The molecule has 120 valence electrons. The Balaban J connectivity index is 2.04. The first-order valence-electron chi connectivity index (χ1n) is 7.59. The maximum Gasteiger partial charge on any atom is 0.326 e. The molecular formula is C19H21NO3. The first-order valence-corrected chi connectivity index (χ1v) is 7.59. The highest BCUT2D eigenvalue weighted by Gasteiger charge is 2.18. The van der Waals surface area contributed by atoms with E-state index in [1.54, 1.807) is 0 Å². The van der Waals surface area contributed by atoms with Crippen molar-refractivity contribution in [1.82, 2.24) is 5.32 Å². The second kappa shape index (κ2) is 7.58. The van der Waals surface area contributed by atoms with Gasteiger partial charge in [0.2, 0.25) is 5.91 Å². The van der Waals surface area contributed by atoms with Gasteiger partial charge in [0, 0.05) is 0 Å². The number of fused-ring (bicyclic) bond motifs is 1. The quantitative estimate of drug-likeness (QED) is 0.804. The molecule has 0 unspecified atom stereocenters. The van der Waals surface area contributed by atoms with Gasteiger partial charge in [-0.3, -0.25) is 4.79 Å². The highest BCUT2D eigenvalue weighted by molar-refractivity contribution is 5.87. The van der Waals surface area contributed by atoms with E-state index in [0.29, 0.717) is 6.42 Å². The van der Waals surface area contributed by atoms with Gasteiger partial charge in [-0.15, -0.1) is 0 Å². The summed E-state index contributed by atoms with van der Waals surface area (Å²) in [4.78, 5) is 23.3. The maximum atomic E-state index is 12.1. The van der Waals surface area contributed by atoms with Gasteiger partial charge in [-0.25, -0.2) is 4.79 Å². The minimum Gasteiger partial charge on any atom is -0.480 e. The molecule has 0 aliphatic rings. The van der Waals surface area contributed by atoms with Gasteiger partial charge in [0.05, 0.1) is 6.42 Å². The molecule has 4 heteroatoms. The molecule has 0 radical (unpaired) electrons. The average Bonchev–Trinajstić information content (AvgIpc) is 2.50. The fraction of sp³-hybridized carbons (Fsp3) is 0.263. The molecule has 0 aromatic heterocycles. The van der Waals surface area contributed by atoms with Crippen LogP contribution < -0.4 is 5.32 Å². The molecule has 0 heterocycles. The summed E-state index contributed by atoms with van der Waals surface area (Å²) in [7, 11) is 0. The number of aliphatic carboxylic acids is 1. The summed E-state index contributed by atoms with van der Waals surface area (Å²) in [6, 6.07) is 12.9. The Morgan fingerprint density at radius 2 is 1.83 bits per heavy atom. The van der Waals surface area contributed by atoms with Crippen molar-refractivity contribution in [1.29, 1.82) is 0 Å². The summed E-state index contributed by atoms with van der Waals surface area (Å²) >= 11 is 0. The monoisotopic (exact) mass is 311 g/mol. The summed E-state index contributed by atoms with van der Waals surface area (Å²) in [5.74, 6) is -1.30. The van der Waals surface area contributed by atoms with Crippen molar-refractivity contribution >= 4 is 22.6 Å². The number of carbonyl (C=O) groups excluding carboxylic acids is 1. The lowest BCUT2D eigenvalue weighted by Crippen LogP contribution is -2.41. The number of carbonyl (C=O) groups is 2. The van der Waals surface area contributed by atoms with Gasteiger partial charge in [-0.1, -0.05) is 54.1 Å². The molecule has 4 nitrogen and oxygen atoms in total. The Morgan fingerprint density at radius 3 is 2.48 bits per heavy atom. The molecule has 0 spiro atoms. The molecule has 2 rings (SSSR count). The van der Waals surface area contributed by atoms with Gasteiger partial charge in [-0.2, -0.15) is 0 Å². The Labute approximate surface area is 135 Å². The van der Waals surface area contributed by atoms with Gasteiger partial charge in [0.1, 0.15) is 6.04 Å². The lowest BCUT2D eigenvalue weighted by molar-refractivity contribution is -0.141. The van der Waals surface area contributed by atoms with Crippen LogP contribution >= 0.6 is 0 Å². The summed E-state index contributed by atoms with van der Waals surface area (Å²) in [5.41, 5.74) is 1.90. The Bertz CT molecular complexity index is 745. The fourth-order valence-corrected chi connectivity index (χ4v) is 2.35. The number of amides is 1. The van der Waals surface area contributed by atoms with Crippen molar-refractivity contribution in [2.24, 2.45) is 0 Å². The second-order valence-electron chi connectivity index (χ2n) is 5.83. The van der Waals surface area contributed by atoms with Crippen LogP contribution in [0.15, 0.2) is 54.1 Å². The molecule has 0 bridgehead atoms. The fourth-order valence-electron chi connectivity index (χ4n) is 2.35. The van der Waals surface area contributed by atoms with Crippen molar-refractivity contribution < 1.29 is 14.7 Å². The SMILES string of the molecule is CC(C)=CC[C@H](NC(=O)Cc1ccc2ccccc2c1)C(=O)O. The number of nitrogens with one attached hydrogen (secondary N) is 1.